The number of carbonyl (C=O) groups is 1. The molecule has 0 N–H and O–H groups in total. The van der Waals surface area contributed by atoms with E-state index in [0.29, 0.717) is 16.7 Å². The van der Waals surface area contributed by atoms with Crippen molar-refractivity contribution in [1.82, 2.24) is 0 Å². The van der Waals surface area contributed by atoms with Gasteiger partial charge >= 0.3 is 0 Å². The van der Waals surface area contributed by atoms with Gasteiger partial charge < -0.3 is 0 Å². The fraction of sp³-hybridized carbons (Fsp3) is 0.133. The molecule has 0 aliphatic rings. The third-order valence-corrected chi connectivity index (χ3v) is 3.22. The number of rotatable bonds is 2. The van der Waals surface area contributed by atoms with Crippen molar-refractivity contribution in [3.63, 3.8) is 0 Å². The van der Waals surface area contributed by atoms with Crippen LogP contribution in [0.1, 0.15) is 22.8 Å². The van der Waals surface area contributed by atoms with Gasteiger partial charge in [-0.1, -0.05) is 11.6 Å². The van der Waals surface area contributed by atoms with Crippen molar-refractivity contribution < 1.29 is 13.6 Å². The van der Waals surface area contributed by atoms with Gasteiger partial charge in [-0.2, -0.15) is 0 Å². The number of hydrogen-bond donors (Lipinski definition) is 0. The van der Waals surface area contributed by atoms with Crippen LogP contribution >= 0.6 is 11.6 Å². The van der Waals surface area contributed by atoms with Gasteiger partial charge in [0.25, 0.3) is 0 Å². The number of hydrogen-bond acceptors (Lipinski definition) is 1. The maximum absolute atomic E-state index is 13.9. The van der Waals surface area contributed by atoms with E-state index in [1.54, 1.807) is 6.92 Å². The van der Waals surface area contributed by atoms with Crippen molar-refractivity contribution in [2.75, 3.05) is 0 Å². The van der Waals surface area contributed by atoms with Crippen LogP contribution in [-0.4, -0.2) is 5.78 Å². The van der Waals surface area contributed by atoms with E-state index >= 15 is 0 Å². The lowest BCUT2D eigenvalue weighted by atomic mass is 9.99. The molecule has 2 aromatic rings. The summed E-state index contributed by atoms with van der Waals surface area (Å²) in [7, 11) is 0. The second-order valence-electron chi connectivity index (χ2n) is 4.33. The van der Waals surface area contributed by atoms with Crippen LogP contribution in [0.4, 0.5) is 8.78 Å². The molecule has 1 nitrogen and oxygen atoms in total. The van der Waals surface area contributed by atoms with E-state index in [9.17, 15) is 13.6 Å². The van der Waals surface area contributed by atoms with Crippen LogP contribution in [0, 0.1) is 18.6 Å². The normalized spacial score (nSPS) is 10.6. The molecule has 0 amide bonds. The largest absolute Gasteiger partial charge is 0.295 e. The van der Waals surface area contributed by atoms with E-state index in [0.717, 1.165) is 6.07 Å². The molecule has 0 aromatic heterocycles. The molecule has 0 bridgehead atoms. The summed E-state index contributed by atoms with van der Waals surface area (Å²) in [6.45, 7) is 2.97. The zero-order chi connectivity index (χ0) is 14.2. The average Bonchev–Trinajstić information content (AvgIpc) is 2.34. The number of halogens is 3. The Morgan fingerprint density at radius 1 is 1.05 bits per heavy atom. The van der Waals surface area contributed by atoms with Gasteiger partial charge in [-0.15, -0.1) is 0 Å². The average molecular weight is 281 g/mol. The van der Waals surface area contributed by atoms with Crippen LogP contribution in [0.15, 0.2) is 30.3 Å². The molecule has 0 aliphatic heterocycles. The van der Waals surface area contributed by atoms with Gasteiger partial charge in [0.2, 0.25) is 0 Å². The highest BCUT2D eigenvalue weighted by Crippen LogP contribution is 2.32. The predicted molar refractivity (Wildman–Crippen MR) is 71.5 cm³/mol. The smallest absolute Gasteiger partial charge is 0.159 e. The molecule has 0 saturated heterocycles. The topological polar surface area (TPSA) is 17.1 Å². The van der Waals surface area contributed by atoms with E-state index < -0.39 is 11.6 Å². The van der Waals surface area contributed by atoms with Crippen LogP contribution in [0.3, 0.4) is 0 Å². The highest BCUT2D eigenvalue weighted by molar-refractivity contribution is 6.33. The first kappa shape index (κ1) is 13.7. The maximum Gasteiger partial charge on any atom is 0.159 e. The molecular formula is C15H11ClF2O. The maximum atomic E-state index is 13.9. The van der Waals surface area contributed by atoms with Gasteiger partial charge in [-0.25, -0.2) is 8.78 Å². The Labute approximate surface area is 114 Å². The monoisotopic (exact) mass is 280 g/mol. The first-order valence-corrected chi connectivity index (χ1v) is 6.04. The summed E-state index contributed by atoms with van der Waals surface area (Å²) in [4.78, 5) is 11.3. The Morgan fingerprint density at radius 2 is 1.74 bits per heavy atom. The van der Waals surface area contributed by atoms with Crippen LogP contribution in [0.2, 0.25) is 5.02 Å². The lowest BCUT2D eigenvalue weighted by Crippen LogP contribution is -1.96. The third kappa shape index (κ3) is 2.66. The molecule has 0 unspecified atom stereocenters. The Bertz CT molecular complexity index is 665. The van der Waals surface area contributed by atoms with Crippen molar-refractivity contribution in [2.45, 2.75) is 13.8 Å². The number of Topliss-reactive ketones (excluding diaryl/α,β-unsaturated/α-hetero) is 1. The number of carbonyl (C=O) groups excluding carboxylic acids is 1. The Kier molecular flexibility index (Phi) is 3.67. The van der Waals surface area contributed by atoms with Gasteiger partial charge in [-0.3, -0.25) is 4.79 Å². The summed E-state index contributed by atoms with van der Waals surface area (Å²) in [6, 6.07) is 6.66. The van der Waals surface area contributed by atoms with Crippen molar-refractivity contribution in [3.8, 4) is 11.1 Å². The molecule has 0 spiro atoms. The van der Waals surface area contributed by atoms with Gasteiger partial charge in [0.15, 0.2) is 5.78 Å². The Morgan fingerprint density at radius 3 is 2.37 bits per heavy atom. The van der Waals surface area contributed by atoms with Crippen LogP contribution < -0.4 is 0 Å². The first-order chi connectivity index (χ1) is 8.90. The molecule has 0 aliphatic carbocycles. The Hall–Kier alpha value is -1.74. The molecular weight excluding hydrogens is 270 g/mol. The van der Waals surface area contributed by atoms with Crippen LogP contribution in [0.5, 0.6) is 0 Å². The van der Waals surface area contributed by atoms with E-state index in [2.05, 4.69) is 0 Å². The molecule has 4 heteroatoms. The van der Waals surface area contributed by atoms with Crippen molar-refractivity contribution >= 4 is 17.4 Å². The van der Waals surface area contributed by atoms with Crippen LogP contribution in [-0.2, 0) is 0 Å². The predicted octanol–water partition coefficient (Wildman–Crippen LogP) is 4.80. The fourth-order valence-corrected chi connectivity index (χ4v) is 2.07. The summed E-state index contributed by atoms with van der Waals surface area (Å²) in [5, 5.41) is 0.114. The van der Waals surface area contributed by atoms with Gasteiger partial charge in [0, 0.05) is 16.7 Å². The molecule has 0 atom stereocenters. The summed E-state index contributed by atoms with van der Waals surface area (Å²) in [6.07, 6.45) is 0. The zero-order valence-corrected chi connectivity index (χ0v) is 11.2. The molecule has 2 rings (SSSR count). The number of aryl methyl sites for hydroxylation is 1. The minimum atomic E-state index is -0.502. The van der Waals surface area contributed by atoms with Crippen molar-refractivity contribution in [1.29, 1.82) is 0 Å². The lowest BCUT2D eigenvalue weighted by molar-refractivity contribution is 0.101. The lowest BCUT2D eigenvalue weighted by Gasteiger charge is -2.09. The summed E-state index contributed by atoms with van der Waals surface area (Å²) in [5.41, 5.74) is 1.32. The molecule has 98 valence electrons. The molecule has 0 fully saturated rings. The van der Waals surface area contributed by atoms with Crippen LogP contribution in [0.25, 0.3) is 11.1 Å². The minimum absolute atomic E-state index is 0.114. The number of ketones is 1. The summed E-state index contributed by atoms with van der Waals surface area (Å²) < 4.78 is 27.2. The highest BCUT2D eigenvalue weighted by Gasteiger charge is 2.13. The zero-order valence-electron chi connectivity index (χ0n) is 10.4. The number of benzene rings is 2. The molecule has 0 heterocycles. The minimum Gasteiger partial charge on any atom is -0.295 e. The van der Waals surface area contributed by atoms with Crippen molar-refractivity contribution in [3.05, 3.63) is 58.1 Å². The fourth-order valence-electron chi connectivity index (χ4n) is 1.81. The van der Waals surface area contributed by atoms with E-state index in [1.165, 1.54) is 31.2 Å². The summed E-state index contributed by atoms with van der Waals surface area (Å²) >= 11 is 5.95. The van der Waals surface area contributed by atoms with Gasteiger partial charge in [0.05, 0.1) is 5.02 Å². The van der Waals surface area contributed by atoms with Crippen molar-refractivity contribution in [2.24, 2.45) is 0 Å². The second kappa shape index (κ2) is 5.10. The van der Waals surface area contributed by atoms with E-state index in [1.807, 2.05) is 0 Å². The highest BCUT2D eigenvalue weighted by atomic mass is 35.5. The first-order valence-electron chi connectivity index (χ1n) is 5.66. The molecule has 19 heavy (non-hydrogen) atoms. The van der Waals surface area contributed by atoms with E-state index in [-0.39, 0.29) is 16.4 Å². The SMILES string of the molecule is CC(=O)c1ccc(F)c(-c2cc(C)c(F)cc2Cl)c1. The molecule has 0 radical (unpaired) electrons. The quantitative estimate of drug-likeness (QED) is 0.723. The third-order valence-electron chi connectivity index (χ3n) is 2.91. The van der Waals surface area contributed by atoms with Gasteiger partial charge in [-0.05, 0) is 49.7 Å². The summed E-state index contributed by atoms with van der Waals surface area (Å²) in [5.74, 6) is -1.12. The van der Waals surface area contributed by atoms with E-state index in [4.69, 9.17) is 11.6 Å². The Balaban J connectivity index is 2.67. The molecule has 2 aromatic carbocycles. The van der Waals surface area contributed by atoms with Gasteiger partial charge in [0.1, 0.15) is 11.6 Å². The standard InChI is InChI=1S/C15H11ClF2O/c1-8-5-11(13(16)7-15(8)18)12-6-10(9(2)19)3-4-14(12)17/h3-7H,1-2H3. The second-order valence-corrected chi connectivity index (χ2v) is 4.74. The molecule has 0 saturated carbocycles.